The van der Waals surface area contributed by atoms with E-state index < -0.39 is 0 Å². The molecule has 0 saturated heterocycles. The first-order valence-corrected chi connectivity index (χ1v) is 8.18. The fourth-order valence-corrected chi connectivity index (χ4v) is 1.69. The second-order valence-corrected chi connectivity index (χ2v) is 3.68. The Bertz CT molecular complexity index is 182. The Balaban J connectivity index is -0.000000579. The lowest BCUT2D eigenvalue weighted by molar-refractivity contribution is 0.202. The lowest BCUT2D eigenvalue weighted by Gasteiger charge is -2.27. The van der Waals surface area contributed by atoms with Gasteiger partial charge in [-0.25, -0.2) is 0 Å². The van der Waals surface area contributed by atoms with Crippen molar-refractivity contribution in [1.82, 2.24) is 4.90 Å². The highest BCUT2D eigenvalue weighted by atomic mass is 15.2. The molecule has 0 aliphatic heterocycles. The molecule has 0 radical (unpaired) electrons. The van der Waals surface area contributed by atoms with E-state index in [1.165, 1.54) is 12.8 Å². The molecule has 19 heavy (non-hydrogen) atoms. The van der Waals surface area contributed by atoms with Crippen LogP contribution in [0.2, 0.25) is 0 Å². The molecule has 0 unspecified atom stereocenters. The van der Waals surface area contributed by atoms with Crippen LogP contribution in [0, 0.1) is 0 Å². The second-order valence-electron chi connectivity index (χ2n) is 3.68. The largest absolute Gasteiger partial charge is 0.282 e. The molecular formula is C17H38N2. The first-order valence-electron chi connectivity index (χ1n) is 8.18. The number of rotatable bonds is 8. The van der Waals surface area contributed by atoms with Crippen LogP contribution in [0.15, 0.2) is 17.1 Å². The lowest BCUT2D eigenvalue weighted by Crippen LogP contribution is -2.34. The van der Waals surface area contributed by atoms with Crippen molar-refractivity contribution < 1.29 is 0 Å². The molecule has 0 aromatic heterocycles. The number of aliphatic imine (C=N–C) groups is 1. The zero-order valence-electron chi connectivity index (χ0n) is 14.7. The topological polar surface area (TPSA) is 15.6 Å². The first-order chi connectivity index (χ1) is 9.29. The van der Waals surface area contributed by atoms with Crippen molar-refractivity contribution in [2.75, 3.05) is 13.2 Å². The molecule has 0 spiro atoms. The van der Waals surface area contributed by atoms with Gasteiger partial charge in [0, 0.05) is 12.3 Å². The highest BCUT2D eigenvalue weighted by Crippen LogP contribution is 2.07. The van der Waals surface area contributed by atoms with Crippen LogP contribution < -0.4 is 0 Å². The predicted octanol–water partition coefficient (Wildman–Crippen LogP) is 5.54. The molecule has 2 nitrogen and oxygen atoms in total. The van der Waals surface area contributed by atoms with Crippen LogP contribution in [0.3, 0.4) is 0 Å². The van der Waals surface area contributed by atoms with E-state index in [0.29, 0.717) is 6.04 Å². The SMILES string of the molecule is CC.CC.CC/C=C/C=N\CN(CC)C(CC)CC. The molecule has 0 aliphatic rings. The molecule has 0 aromatic carbocycles. The fraction of sp³-hybridized carbons (Fsp3) is 0.824. The van der Waals surface area contributed by atoms with E-state index in [-0.39, 0.29) is 0 Å². The minimum Gasteiger partial charge on any atom is -0.282 e. The Morgan fingerprint density at radius 1 is 0.947 bits per heavy atom. The van der Waals surface area contributed by atoms with Crippen LogP contribution in [0.4, 0.5) is 0 Å². The van der Waals surface area contributed by atoms with E-state index in [2.05, 4.69) is 43.7 Å². The van der Waals surface area contributed by atoms with Crippen LogP contribution in [0.5, 0.6) is 0 Å². The summed E-state index contributed by atoms with van der Waals surface area (Å²) in [6.45, 7) is 18.7. The van der Waals surface area contributed by atoms with Gasteiger partial charge < -0.3 is 0 Å². The van der Waals surface area contributed by atoms with E-state index in [1.54, 1.807) is 0 Å². The third-order valence-corrected chi connectivity index (χ3v) is 2.69. The zero-order valence-corrected chi connectivity index (χ0v) is 14.7. The normalized spacial score (nSPS) is 10.6. The van der Waals surface area contributed by atoms with E-state index in [9.17, 15) is 0 Å². The number of allylic oxidation sites excluding steroid dienone is 2. The van der Waals surface area contributed by atoms with Gasteiger partial charge in [0.15, 0.2) is 0 Å². The third-order valence-electron chi connectivity index (χ3n) is 2.69. The summed E-state index contributed by atoms with van der Waals surface area (Å²) in [7, 11) is 0. The first kappa shape index (κ1) is 23.5. The Morgan fingerprint density at radius 3 is 1.84 bits per heavy atom. The van der Waals surface area contributed by atoms with Gasteiger partial charge in [-0.15, -0.1) is 0 Å². The average molecular weight is 271 g/mol. The van der Waals surface area contributed by atoms with Crippen LogP contribution in [0.1, 0.15) is 74.7 Å². The Hall–Kier alpha value is -0.630. The smallest absolute Gasteiger partial charge is 0.0911 e. The monoisotopic (exact) mass is 270 g/mol. The summed E-state index contributed by atoms with van der Waals surface area (Å²) in [6.07, 6.45) is 9.57. The highest BCUT2D eigenvalue weighted by molar-refractivity contribution is 5.70. The van der Waals surface area contributed by atoms with Crippen molar-refractivity contribution >= 4 is 6.21 Å². The van der Waals surface area contributed by atoms with Crippen LogP contribution >= 0.6 is 0 Å². The maximum absolute atomic E-state index is 4.41. The summed E-state index contributed by atoms with van der Waals surface area (Å²) < 4.78 is 0. The molecule has 0 aromatic rings. The van der Waals surface area contributed by atoms with Crippen molar-refractivity contribution in [2.45, 2.75) is 80.7 Å². The summed E-state index contributed by atoms with van der Waals surface area (Å²) in [4.78, 5) is 6.84. The molecule has 0 N–H and O–H groups in total. The van der Waals surface area contributed by atoms with E-state index in [0.717, 1.165) is 19.6 Å². The maximum Gasteiger partial charge on any atom is 0.0911 e. The van der Waals surface area contributed by atoms with Gasteiger partial charge in [0.2, 0.25) is 0 Å². The minimum atomic E-state index is 0.683. The van der Waals surface area contributed by atoms with Crippen molar-refractivity contribution in [3.05, 3.63) is 12.2 Å². The molecule has 2 heteroatoms. The Labute approximate surface area is 123 Å². The molecule has 0 bridgehead atoms. The van der Waals surface area contributed by atoms with Crippen LogP contribution in [-0.2, 0) is 0 Å². The van der Waals surface area contributed by atoms with Gasteiger partial charge in [-0.2, -0.15) is 0 Å². The molecule has 0 rings (SSSR count). The third kappa shape index (κ3) is 15.3. The minimum absolute atomic E-state index is 0.683. The molecule has 0 saturated carbocycles. The summed E-state index contributed by atoms with van der Waals surface area (Å²) in [5, 5.41) is 0. The second kappa shape index (κ2) is 22.5. The van der Waals surface area contributed by atoms with Crippen LogP contribution in [-0.4, -0.2) is 30.4 Å². The van der Waals surface area contributed by atoms with Gasteiger partial charge >= 0.3 is 0 Å². The van der Waals surface area contributed by atoms with Gasteiger partial charge in [0.05, 0.1) is 6.67 Å². The maximum atomic E-state index is 4.41. The van der Waals surface area contributed by atoms with Gasteiger partial charge in [-0.05, 0) is 31.9 Å². The van der Waals surface area contributed by atoms with Gasteiger partial charge in [0.1, 0.15) is 0 Å². The van der Waals surface area contributed by atoms with Crippen LogP contribution in [0.25, 0.3) is 0 Å². The summed E-state index contributed by atoms with van der Waals surface area (Å²) in [6, 6.07) is 0.683. The molecule has 0 heterocycles. The number of nitrogens with zero attached hydrogens (tertiary/aromatic N) is 2. The quantitative estimate of drug-likeness (QED) is 0.528. The standard InChI is InChI=1S/C13H26N2.2C2H6/c1-5-9-10-11-14-12-15(8-4)13(6-2)7-3;2*1-2/h9-11,13H,5-8,12H2,1-4H3;2*1-2H3/b10-9+,14-11-;;. The van der Waals surface area contributed by atoms with Crippen molar-refractivity contribution in [3.8, 4) is 0 Å². The van der Waals surface area contributed by atoms with Crippen molar-refractivity contribution in [1.29, 1.82) is 0 Å². The highest BCUT2D eigenvalue weighted by Gasteiger charge is 2.11. The zero-order chi connectivity index (χ0) is 15.5. The molecule has 0 aliphatic carbocycles. The summed E-state index contributed by atoms with van der Waals surface area (Å²) >= 11 is 0. The average Bonchev–Trinajstić information content (AvgIpc) is 2.50. The Morgan fingerprint density at radius 2 is 1.47 bits per heavy atom. The predicted molar refractivity (Wildman–Crippen MR) is 92.2 cm³/mol. The summed E-state index contributed by atoms with van der Waals surface area (Å²) in [5.41, 5.74) is 0. The lowest BCUT2D eigenvalue weighted by atomic mass is 10.1. The molecule has 0 amide bonds. The molecule has 116 valence electrons. The van der Waals surface area contributed by atoms with E-state index in [4.69, 9.17) is 0 Å². The van der Waals surface area contributed by atoms with Crippen molar-refractivity contribution in [2.24, 2.45) is 4.99 Å². The summed E-state index contributed by atoms with van der Waals surface area (Å²) in [5.74, 6) is 0. The Kier molecular flexibility index (Phi) is 27.8. The number of hydrogen-bond donors (Lipinski definition) is 0. The number of hydrogen-bond acceptors (Lipinski definition) is 2. The fourth-order valence-electron chi connectivity index (χ4n) is 1.69. The molecule has 0 atom stereocenters. The van der Waals surface area contributed by atoms with E-state index in [1.807, 2.05) is 40.0 Å². The van der Waals surface area contributed by atoms with Crippen molar-refractivity contribution in [3.63, 3.8) is 0 Å². The van der Waals surface area contributed by atoms with E-state index >= 15 is 0 Å². The van der Waals surface area contributed by atoms with Gasteiger partial charge in [-0.1, -0.05) is 61.5 Å². The molecular weight excluding hydrogens is 232 g/mol. The van der Waals surface area contributed by atoms with Gasteiger partial charge in [-0.3, -0.25) is 9.89 Å². The molecule has 0 fully saturated rings. The van der Waals surface area contributed by atoms with Gasteiger partial charge in [0.25, 0.3) is 0 Å².